The summed E-state index contributed by atoms with van der Waals surface area (Å²) in [6.07, 6.45) is 6.10. The van der Waals surface area contributed by atoms with Crippen molar-refractivity contribution >= 4 is 0 Å². The van der Waals surface area contributed by atoms with Crippen LogP contribution in [0.1, 0.15) is 32.1 Å². The molecule has 1 atom stereocenters. The molecule has 1 unspecified atom stereocenters. The third-order valence-corrected chi connectivity index (χ3v) is 4.55. The summed E-state index contributed by atoms with van der Waals surface area (Å²) in [6, 6.07) is 2.49. The summed E-state index contributed by atoms with van der Waals surface area (Å²) in [5.41, 5.74) is 0. The number of piperidine rings is 2. The lowest BCUT2D eigenvalue weighted by Gasteiger charge is -2.34. The van der Waals surface area contributed by atoms with Crippen LogP contribution in [0.3, 0.4) is 0 Å². The molecule has 0 aromatic heterocycles. The molecule has 108 valence electrons. The molecule has 2 rings (SSSR count). The molecule has 4 heteroatoms. The van der Waals surface area contributed by atoms with Gasteiger partial charge in [0.25, 0.3) is 0 Å². The Bertz CT molecular complexity index is 288. The van der Waals surface area contributed by atoms with Gasteiger partial charge in [-0.05, 0) is 57.8 Å². The van der Waals surface area contributed by atoms with E-state index in [2.05, 4.69) is 15.9 Å². The lowest BCUT2D eigenvalue weighted by atomic mass is 9.97. The van der Waals surface area contributed by atoms with E-state index in [0.717, 1.165) is 39.0 Å². The Balaban J connectivity index is 1.71. The number of hydrogen-bond donors (Lipinski definition) is 1. The van der Waals surface area contributed by atoms with Gasteiger partial charge in [-0.3, -0.25) is 0 Å². The monoisotopic (exact) mass is 265 g/mol. The van der Waals surface area contributed by atoms with Gasteiger partial charge in [-0.25, -0.2) is 0 Å². The van der Waals surface area contributed by atoms with E-state index in [-0.39, 0.29) is 5.92 Å². The maximum absolute atomic E-state index is 9.34. The summed E-state index contributed by atoms with van der Waals surface area (Å²) in [7, 11) is 0. The third-order valence-electron chi connectivity index (χ3n) is 4.55. The molecule has 4 nitrogen and oxygen atoms in total. The standard InChI is InChI=1S/C15H27N3O/c16-10-15(11-17-6-2-1-3-7-17)12-18-8-4-14(13-19)5-9-18/h14-15,19H,1-9,11-13H2. The molecule has 1 N–H and O–H groups in total. The highest BCUT2D eigenvalue weighted by Gasteiger charge is 2.22. The van der Waals surface area contributed by atoms with Crippen LogP contribution in [0, 0.1) is 23.2 Å². The molecular formula is C15H27N3O. The van der Waals surface area contributed by atoms with E-state index in [1.807, 2.05) is 0 Å². The van der Waals surface area contributed by atoms with Crippen molar-refractivity contribution in [3.63, 3.8) is 0 Å². The van der Waals surface area contributed by atoms with E-state index in [9.17, 15) is 5.26 Å². The van der Waals surface area contributed by atoms with Crippen LogP contribution in [0.5, 0.6) is 0 Å². The van der Waals surface area contributed by atoms with Gasteiger partial charge < -0.3 is 14.9 Å². The predicted octanol–water partition coefficient (Wildman–Crippen LogP) is 1.32. The lowest BCUT2D eigenvalue weighted by Crippen LogP contribution is -2.41. The zero-order chi connectivity index (χ0) is 13.5. The number of rotatable bonds is 5. The van der Waals surface area contributed by atoms with Gasteiger partial charge in [0.2, 0.25) is 0 Å². The fourth-order valence-corrected chi connectivity index (χ4v) is 3.26. The number of aliphatic hydroxyl groups is 1. The zero-order valence-corrected chi connectivity index (χ0v) is 11.9. The van der Waals surface area contributed by atoms with Crippen LogP contribution in [0.2, 0.25) is 0 Å². The summed E-state index contributed by atoms with van der Waals surface area (Å²) in [4.78, 5) is 4.86. The molecule has 19 heavy (non-hydrogen) atoms. The largest absolute Gasteiger partial charge is 0.396 e. The van der Waals surface area contributed by atoms with Crippen molar-refractivity contribution in [3.8, 4) is 6.07 Å². The van der Waals surface area contributed by atoms with Crippen molar-refractivity contribution in [2.45, 2.75) is 32.1 Å². The van der Waals surface area contributed by atoms with Gasteiger partial charge in [0.1, 0.15) is 0 Å². The smallest absolute Gasteiger partial charge is 0.0717 e. The molecule has 0 aliphatic carbocycles. The summed E-state index contributed by atoms with van der Waals surface area (Å²) in [6.45, 7) is 6.60. The van der Waals surface area contributed by atoms with Crippen molar-refractivity contribution in [2.75, 3.05) is 45.9 Å². The summed E-state index contributed by atoms with van der Waals surface area (Å²) < 4.78 is 0. The van der Waals surface area contributed by atoms with Gasteiger partial charge in [-0.2, -0.15) is 5.26 Å². The molecule has 2 saturated heterocycles. The highest BCUT2D eigenvalue weighted by atomic mass is 16.3. The average Bonchev–Trinajstić information content (AvgIpc) is 2.48. The molecule has 0 bridgehead atoms. The molecule has 2 aliphatic heterocycles. The number of likely N-dealkylation sites (tertiary alicyclic amines) is 2. The molecule has 2 fully saturated rings. The Morgan fingerprint density at radius 2 is 1.58 bits per heavy atom. The Morgan fingerprint density at radius 3 is 2.11 bits per heavy atom. The van der Waals surface area contributed by atoms with Crippen molar-refractivity contribution < 1.29 is 5.11 Å². The first-order valence-electron chi connectivity index (χ1n) is 7.77. The fourth-order valence-electron chi connectivity index (χ4n) is 3.26. The fraction of sp³-hybridized carbons (Fsp3) is 0.933. The van der Waals surface area contributed by atoms with Crippen LogP contribution < -0.4 is 0 Å². The third kappa shape index (κ3) is 4.76. The molecule has 0 amide bonds. The van der Waals surface area contributed by atoms with Gasteiger partial charge >= 0.3 is 0 Å². The van der Waals surface area contributed by atoms with Crippen LogP contribution in [0.4, 0.5) is 0 Å². The second-order valence-corrected chi connectivity index (χ2v) is 6.11. The molecule has 2 aliphatic rings. The van der Waals surface area contributed by atoms with Crippen molar-refractivity contribution in [2.24, 2.45) is 11.8 Å². The van der Waals surface area contributed by atoms with E-state index in [4.69, 9.17) is 5.11 Å². The zero-order valence-electron chi connectivity index (χ0n) is 11.9. The van der Waals surface area contributed by atoms with E-state index < -0.39 is 0 Å². The first-order valence-corrected chi connectivity index (χ1v) is 7.77. The number of nitrogens with zero attached hydrogens (tertiary/aromatic N) is 3. The first-order chi connectivity index (χ1) is 9.31. The second kappa shape index (κ2) is 7.84. The Hall–Kier alpha value is -0.630. The van der Waals surface area contributed by atoms with Gasteiger partial charge in [0.05, 0.1) is 12.0 Å². The lowest BCUT2D eigenvalue weighted by molar-refractivity contribution is 0.115. The molecule has 0 radical (unpaired) electrons. The van der Waals surface area contributed by atoms with Gasteiger partial charge in [0.15, 0.2) is 0 Å². The SMILES string of the molecule is N#CC(CN1CCCCC1)CN1CCC(CO)CC1. The van der Waals surface area contributed by atoms with Crippen LogP contribution in [0.15, 0.2) is 0 Å². The summed E-state index contributed by atoms with van der Waals surface area (Å²) in [5.74, 6) is 0.627. The number of hydrogen-bond acceptors (Lipinski definition) is 4. The minimum Gasteiger partial charge on any atom is -0.396 e. The van der Waals surface area contributed by atoms with Crippen LogP contribution in [-0.4, -0.2) is 60.8 Å². The van der Waals surface area contributed by atoms with E-state index in [1.165, 1.54) is 32.4 Å². The maximum atomic E-state index is 9.34. The normalized spacial score (nSPS) is 25.1. The quantitative estimate of drug-likeness (QED) is 0.814. The minimum absolute atomic E-state index is 0.142. The Labute approximate surface area is 117 Å². The van der Waals surface area contributed by atoms with Gasteiger partial charge in [-0.15, -0.1) is 0 Å². The highest BCUT2D eigenvalue weighted by Crippen LogP contribution is 2.18. The maximum Gasteiger partial charge on any atom is 0.0717 e. The highest BCUT2D eigenvalue weighted by molar-refractivity contribution is 4.89. The average molecular weight is 265 g/mol. The van der Waals surface area contributed by atoms with Crippen molar-refractivity contribution in [3.05, 3.63) is 0 Å². The van der Waals surface area contributed by atoms with Gasteiger partial charge in [-0.1, -0.05) is 6.42 Å². The van der Waals surface area contributed by atoms with Gasteiger partial charge in [0, 0.05) is 19.7 Å². The van der Waals surface area contributed by atoms with E-state index in [1.54, 1.807) is 0 Å². The number of nitriles is 1. The Morgan fingerprint density at radius 1 is 1.00 bits per heavy atom. The summed E-state index contributed by atoms with van der Waals surface area (Å²) in [5, 5.41) is 18.5. The van der Waals surface area contributed by atoms with E-state index >= 15 is 0 Å². The van der Waals surface area contributed by atoms with E-state index in [0.29, 0.717) is 12.5 Å². The van der Waals surface area contributed by atoms with Crippen LogP contribution in [-0.2, 0) is 0 Å². The molecule has 0 saturated carbocycles. The van der Waals surface area contributed by atoms with Crippen LogP contribution in [0.25, 0.3) is 0 Å². The second-order valence-electron chi connectivity index (χ2n) is 6.11. The number of aliphatic hydroxyl groups excluding tert-OH is 1. The topological polar surface area (TPSA) is 50.5 Å². The summed E-state index contributed by atoms with van der Waals surface area (Å²) >= 11 is 0. The molecule has 0 spiro atoms. The first kappa shape index (κ1) is 14.8. The molecule has 2 heterocycles. The Kier molecular flexibility index (Phi) is 6.09. The van der Waals surface area contributed by atoms with Crippen LogP contribution >= 0.6 is 0 Å². The predicted molar refractivity (Wildman–Crippen MR) is 75.6 cm³/mol. The minimum atomic E-state index is 0.142. The molecule has 0 aromatic rings. The van der Waals surface area contributed by atoms with Crippen molar-refractivity contribution in [1.29, 1.82) is 5.26 Å². The molecular weight excluding hydrogens is 238 g/mol. The van der Waals surface area contributed by atoms with Crippen molar-refractivity contribution in [1.82, 2.24) is 9.80 Å². The molecule has 0 aromatic carbocycles.